The van der Waals surface area contributed by atoms with Crippen molar-refractivity contribution in [3.8, 4) is 5.75 Å². The van der Waals surface area contributed by atoms with E-state index in [0.717, 1.165) is 6.07 Å². The molecule has 1 aromatic carbocycles. The van der Waals surface area contributed by atoms with Gasteiger partial charge in [0.05, 0.1) is 15.9 Å². The van der Waals surface area contributed by atoms with Crippen molar-refractivity contribution >= 4 is 35.2 Å². The van der Waals surface area contributed by atoms with Gasteiger partial charge in [-0.2, -0.15) is 0 Å². The van der Waals surface area contributed by atoms with E-state index in [0.29, 0.717) is 0 Å². The van der Waals surface area contributed by atoms with Crippen LogP contribution in [0, 0.1) is 28.5 Å². The molecule has 0 heterocycles. The molecule has 2 bridgehead atoms. The fraction of sp³-hybridized carbons (Fsp3) is 0.500. The fourth-order valence-corrected chi connectivity index (χ4v) is 4.54. The van der Waals surface area contributed by atoms with E-state index in [9.17, 15) is 32.3 Å². The van der Waals surface area contributed by atoms with Crippen LogP contribution in [-0.2, 0) is 19.2 Å². The third-order valence-electron chi connectivity index (χ3n) is 6.31. The molecule has 0 aromatic heterocycles. The first kappa shape index (κ1) is 22.4. The Morgan fingerprint density at radius 2 is 1.75 bits per heavy atom. The highest BCUT2D eigenvalue weighted by molar-refractivity contribution is 6.30. The van der Waals surface area contributed by atoms with Gasteiger partial charge in [0.25, 0.3) is 5.91 Å². The zero-order valence-corrected chi connectivity index (χ0v) is 17.3. The van der Waals surface area contributed by atoms with Gasteiger partial charge in [-0.3, -0.25) is 35.3 Å². The van der Waals surface area contributed by atoms with E-state index in [4.69, 9.17) is 16.3 Å². The zero-order chi connectivity index (χ0) is 23.3. The van der Waals surface area contributed by atoms with Gasteiger partial charge in [-0.1, -0.05) is 11.6 Å². The molecule has 4 aliphatic rings. The molecule has 0 radical (unpaired) electrons. The Morgan fingerprint density at radius 1 is 1.09 bits per heavy atom. The van der Waals surface area contributed by atoms with Crippen LogP contribution in [-0.4, -0.2) is 36.7 Å². The molecule has 0 spiro atoms. The number of hydrogen-bond donors (Lipinski definition) is 3. The topological polar surface area (TPSA) is 114 Å². The van der Waals surface area contributed by atoms with Gasteiger partial charge in [0.1, 0.15) is 11.6 Å². The Bertz CT molecular complexity index is 985. The summed E-state index contributed by atoms with van der Waals surface area (Å²) in [6.45, 7) is -0.513. The molecule has 5 rings (SSSR count). The van der Waals surface area contributed by atoms with Crippen LogP contribution in [0.25, 0.3) is 0 Å². The number of alkyl halides is 2. The Balaban J connectivity index is 1.18. The Hall–Kier alpha value is -2.82. The maximum atomic E-state index is 13.4. The maximum absolute atomic E-state index is 13.4. The number of imide groups is 1. The van der Waals surface area contributed by atoms with Gasteiger partial charge in [-0.05, 0) is 37.8 Å². The molecule has 32 heavy (non-hydrogen) atoms. The smallest absolute Gasteiger partial charge is 0.264 e. The summed E-state index contributed by atoms with van der Waals surface area (Å²) in [5, 5.41) is 2.11. The number of hydrazine groups is 1. The van der Waals surface area contributed by atoms with Crippen LogP contribution < -0.4 is 20.9 Å². The average Bonchev–Trinajstić information content (AvgIpc) is 3.46. The highest BCUT2D eigenvalue weighted by Gasteiger charge is 2.75. The van der Waals surface area contributed by atoms with Crippen LogP contribution in [0.4, 0.5) is 13.2 Å². The van der Waals surface area contributed by atoms with Gasteiger partial charge < -0.3 is 4.74 Å². The lowest BCUT2D eigenvalue weighted by Gasteiger charge is -2.67. The molecule has 3 N–H and O–H groups in total. The van der Waals surface area contributed by atoms with Crippen molar-refractivity contribution in [2.75, 3.05) is 6.61 Å². The van der Waals surface area contributed by atoms with Crippen molar-refractivity contribution in [2.24, 2.45) is 22.7 Å². The lowest BCUT2D eigenvalue weighted by atomic mass is 9.34. The first-order valence-corrected chi connectivity index (χ1v) is 10.2. The monoisotopic (exact) mass is 473 g/mol. The van der Waals surface area contributed by atoms with Gasteiger partial charge in [-0.15, -0.1) is 0 Å². The molecule has 4 amide bonds. The fourth-order valence-electron chi connectivity index (χ4n) is 4.42. The standard InChI is InChI=1S/C20H19ClF3N3O5/c21-12-2-1-9(3-13(12)22)32-5-14(28)25-17(30)19-6-20(7-19,8-19)18(31)27-26-16(29)11-4-10(11)15(23)24/h1-3,10-11,15H,4-8H2,(H,26,29)(H,27,31)(H,25,28,30). The largest absolute Gasteiger partial charge is 0.484 e. The van der Waals surface area contributed by atoms with E-state index in [1.165, 1.54) is 12.1 Å². The highest BCUT2D eigenvalue weighted by Crippen LogP contribution is 2.73. The van der Waals surface area contributed by atoms with Crippen LogP contribution in [0.3, 0.4) is 0 Å². The van der Waals surface area contributed by atoms with Gasteiger partial charge in [0.2, 0.25) is 24.1 Å². The molecule has 0 saturated heterocycles. The molecule has 12 heteroatoms. The molecule has 0 aliphatic heterocycles. The number of halogens is 4. The summed E-state index contributed by atoms with van der Waals surface area (Å²) in [5.41, 5.74) is 2.74. The van der Waals surface area contributed by atoms with Crippen LogP contribution in [0.15, 0.2) is 18.2 Å². The molecular formula is C20H19ClF3N3O5. The predicted molar refractivity (Wildman–Crippen MR) is 103 cm³/mol. The second-order valence-corrected chi connectivity index (χ2v) is 9.02. The van der Waals surface area contributed by atoms with Gasteiger partial charge in [0.15, 0.2) is 6.61 Å². The minimum absolute atomic E-state index is 0.0729. The summed E-state index contributed by atoms with van der Waals surface area (Å²) in [7, 11) is 0. The third-order valence-corrected chi connectivity index (χ3v) is 6.61. The summed E-state index contributed by atoms with van der Waals surface area (Å²) >= 11 is 5.56. The number of hydrogen-bond acceptors (Lipinski definition) is 5. The predicted octanol–water partition coefficient (Wildman–Crippen LogP) is 1.72. The van der Waals surface area contributed by atoms with Crippen molar-refractivity contribution in [1.82, 2.24) is 16.2 Å². The Kier molecular flexibility index (Phi) is 5.56. The van der Waals surface area contributed by atoms with Crippen LogP contribution in [0.1, 0.15) is 25.7 Å². The van der Waals surface area contributed by atoms with Crippen molar-refractivity contribution < 1.29 is 37.1 Å². The minimum atomic E-state index is -2.57. The zero-order valence-electron chi connectivity index (χ0n) is 16.6. The number of carbonyl (C=O) groups excluding carboxylic acids is 4. The molecule has 4 aliphatic carbocycles. The summed E-state index contributed by atoms with van der Waals surface area (Å²) in [6, 6.07) is 3.65. The number of benzene rings is 1. The summed E-state index contributed by atoms with van der Waals surface area (Å²) in [4.78, 5) is 48.4. The summed E-state index contributed by atoms with van der Waals surface area (Å²) in [5.74, 6) is -4.83. The number of ether oxygens (including phenoxy) is 1. The normalized spacial score (nSPS) is 29.3. The lowest BCUT2D eigenvalue weighted by Crippen LogP contribution is -2.73. The Morgan fingerprint density at radius 3 is 2.34 bits per heavy atom. The number of rotatable bonds is 7. The van der Waals surface area contributed by atoms with Crippen molar-refractivity contribution in [3.63, 3.8) is 0 Å². The highest BCUT2D eigenvalue weighted by atomic mass is 35.5. The molecule has 4 fully saturated rings. The van der Waals surface area contributed by atoms with Crippen LogP contribution in [0.2, 0.25) is 5.02 Å². The van der Waals surface area contributed by atoms with Crippen molar-refractivity contribution in [3.05, 3.63) is 29.0 Å². The first-order chi connectivity index (χ1) is 15.0. The first-order valence-electron chi connectivity index (χ1n) is 9.86. The van der Waals surface area contributed by atoms with E-state index in [1.807, 2.05) is 0 Å². The van der Waals surface area contributed by atoms with Gasteiger partial charge in [0, 0.05) is 17.9 Å². The molecule has 1 aromatic rings. The molecular weight excluding hydrogens is 455 g/mol. The minimum Gasteiger partial charge on any atom is -0.484 e. The average molecular weight is 474 g/mol. The van der Waals surface area contributed by atoms with Crippen LogP contribution >= 0.6 is 11.6 Å². The second-order valence-electron chi connectivity index (χ2n) is 8.62. The van der Waals surface area contributed by atoms with Crippen molar-refractivity contribution in [2.45, 2.75) is 32.1 Å². The summed E-state index contributed by atoms with van der Waals surface area (Å²) in [6.07, 6.45) is -1.88. The van der Waals surface area contributed by atoms with E-state index < -0.39 is 65.1 Å². The van der Waals surface area contributed by atoms with E-state index in [2.05, 4.69) is 16.2 Å². The van der Waals surface area contributed by atoms with Gasteiger partial charge in [-0.25, -0.2) is 13.2 Å². The molecule has 4 saturated carbocycles. The molecule has 2 unspecified atom stereocenters. The number of nitrogens with one attached hydrogen (secondary N) is 3. The molecule has 172 valence electrons. The van der Waals surface area contributed by atoms with E-state index >= 15 is 0 Å². The van der Waals surface area contributed by atoms with Gasteiger partial charge >= 0.3 is 0 Å². The SMILES string of the molecule is O=C(COc1ccc(Cl)c(F)c1)NC(=O)C12CC(C(=O)NNC(=O)C3CC3C(F)F)(C1)C2. The molecule has 8 nitrogen and oxygen atoms in total. The Labute approximate surface area is 185 Å². The third kappa shape index (κ3) is 4.01. The summed E-state index contributed by atoms with van der Waals surface area (Å²) < 4.78 is 43.5. The number of carbonyl (C=O) groups is 4. The second kappa shape index (κ2) is 7.95. The van der Waals surface area contributed by atoms with Crippen LogP contribution in [0.5, 0.6) is 5.75 Å². The lowest BCUT2D eigenvalue weighted by molar-refractivity contribution is -0.209. The van der Waals surface area contributed by atoms with E-state index in [-0.39, 0.29) is 36.5 Å². The van der Waals surface area contributed by atoms with Crippen molar-refractivity contribution in [1.29, 1.82) is 0 Å². The van der Waals surface area contributed by atoms with E-state index in [1.54, 1.807) is 0 Å². The molecule has 2 atom stereocenters. The number of amides is 4. The quantitative estimate of drug-likeness (QED) is 0.522. The maximum Gasteiger partial charge on any atom is 0.264 e.